The van der Waals surface area contributed by atoms with E-state index in [1.165, 1.54) is 0 Å². The van der Waals surface area contributed by atoms with Crippen molar-refractivity contribution in [2.24, 2.45) is 0 Å². The number of ether oxygens (including phenoxy) is 2. The van der Waals surface area contributed by atoms with Gasteiger partial charge in [-0.25, -0.2) is 4.68 Å². The number of nitrogens with one attached hydrogen (secondary N) is 1. The van der Waals surface area contributed by atoms with E-state index in [4.69, 9.17) is 9.47 Å². The molecule has 2 aromatic rings. The lowest BCUT2D eigenvalue weighted by Gasteiger charge is -2.26. The number of benzene rings is 1. The number of methoxy groups -OCH3 is 2. The first-order chi connectivity index (χ1) is 11.0. The van der Waals surface area contributed by atoms with Crippen molar-refractivity contribution in [2.75, 3.05) is 19.5 Å². The van der Waals surface area contributed by atoms with Crippen molar-refractivity contribution in [1.82, 2.24) is 9.78 Å². The van der Waals surface area contributed by atoms with E-state index in [0.29, 0.717) is 12.2 Å². The van der Waals surface area contributed by atoms with Gasteiger partial charge in [-0.2, -0.15) is 5.10 Å². The zero-order valence-electron chi connectivity index (χ0n) is 13.8. The maximum Gasteiger partial charge on any atom is 0.226 e. The van der Waals surface area contributed by atoms with Crippen LogP contribution in [0.5, 0.6) is 11.5 Å². The number of rotatable bonds is 4. The van der Waals surface area contributed by atoms with Crippen molar-refractivity contribution in [3.8, 4) is 11.5 Å². The molecular weight excluding hydrogens is 294 g/mol. The number of aromatic nitrogens is 2. The molecular formula is C17H21N3O3. The molecule has 1 aromatic heterocycles. The van der Waals surface area contributed by atoms with Gasteiger partial charge < -0.3 is 14.8 Å². The molecule has 0 saturated heterocycles. The molecule has 0 aliphatic carbocycles. The van der Waals surface area contributed by atoms with E-state index in [0.717, 1.165) is 22.7 Å². The largest absolute Gasteiger partial charge is 0.497 e. The number of nitrogens with zero attached hydrogens (tertiary/aromatic N) is 2. The minimum Gasteiger partial charge on any atom is -0.497 e. The summed E-state index contributed by atoms with van der Waals surface area (Å²) in [4.78, 5) is 12.2. The van der Waals surface area contributed by atoms with E-state index in [-0.39, 0.29) is 17.9 Å². The Morgan fingerprint density at radius 1 is 1.26 bits per heavy atom. The summed E-state index contributed by atoms with van der Waals surface area (Å²) in [6.45, 7) is 4.08. The lowest BCUT2D eigenvalue weighted by molar-refractivity contribution is -0.116. The summed E-state index contributed by atoms with van der Waals surface area (Å²) >= 11 is 0. The maximum absolute atomic E-state index is 12.2. The highest BCUT2D eigenvalue weighted by molar-refractivity contribution is 5.94. The molecule has 0 fully saturated rings. The molecule has 2 heterocycles. The van der Waals surface area contributed by atoms with Crippen molar-refractivity contribution in [1.29, 1.82) is 0 Å². The Bertz CT molecular complexity index is 737. The minimum atomic E-state index is -0.0768. The zero-order valence-corrected chi connectivity index (χ0v) is 13.8. The molecule has 1 N–H and O–H groups in total. The third-order valence-corrected chi connectivity index (χ3v) is 4.15. The van der Waals surface area contributed by atoms with Crippen LogP contribution >= 0.6 is 0 Å². The monoisotopic (exact) mass is 315 g/mol. The van der Waals surface area contributed by atoms with Crippen molar-refractivity contribution in [3.05, 3.63) is 35.5 Å². The van der Waals surface area contributed by atoms with Crippen molar-refractivity contribution < 1.29 is 14.3 Å². The Morgan fingerprint density at radius 3 is 2.70 bits per heavy atom. The molecule has 1 aliphatic rings. The van der Waals surface area contributed by atoms with Gasteiger partial charge >= 0.3 is 0 Å². The van der Waals surface area contributed by atoms with Gasteiger partial charge in [0.05, 0.1) is 20.4 Å². The number of hydrogen-bond donors (Lipinski definition) is 1. The molecule has 0 bridgehead atoms. The molecule has 1 aromatic carbocycles. The molecule has 1 aliphatic heterocycles. The van der Waals surface area contributed by atoms with Gasteiger partial charge in [0.2, 0.25) is 5.91 Å². The fraction of sp³-hybridized carbons (Fsp3) is 0.412. The molecule has 0 spiro atoms. The molecule has 1 atom stereocenters. The van der Waals surface area contributed by atoms with E-state index in [1.54, 1.807) is 14.2 Å². The number of amides is 1. The summed E-state index contributed by atoms with van der Waals surface area (Å²) in [7, 11) is 3.24. The predicted octanol–water partition coefficient (Wildman–Crippen LogP) is 2.96. The Kier molecular flexibility index (Phi) is 3.98. The van der Waals surface area contributed by atoms with Gasteiger partial charge in [0.15, 0.2) is 0 Å². The summed E-state index contributed by atoms with van der Waals surface area (Å²) in [5.41, 5.74) is 1.98. The van der Waals surface area contributed by atoms with Gasteiger partial charge in [0.25, 0.3) is 0 Å². The van der Waals surface area contributed by atoms with Crippen LogP contribution < -0.4 is 14.8 Å². The van der Waals surface area contributed by atoms with Crippen LogP contribution in [0.4, 0.5) is 5.82 Å². The van der Waals surface area contributed by atoms with E-state index in [2.05, 4.69) is 10.4 Å². The highest BCUT2D eigenvalue weighted by Gasteiger charge is 2.32. The van der Waals surface area contributed by atoms with Crippen molar-refractivity contribution >= 4 is 11.7 Å². The van der Waals surface area contributed by atoms with Gasteiger partial charge in [-0.05, 0) is 19.9 Å². The standard InChI is InChI=1S/C17H21N3O3/c1-10(2)20-17-14(9-18-20)13(8-16(21)19-17)12-6-5-11(22-3)7-15(12)23-4/h5-7,9-10,13H,8H2,1-4H3,(H,19,21). The third kappa shape index (κ3) is 2.65. The van der Waals surface area contributed by atoms with Crippen molar-refractivity contribution in [2.45, 2.75) is 32.2 Å². The first-order valence-corrected chi connectivity index (χ1v) is 7.64. The van der Waals surface area contributed by atoms with Gasteiger partial charge in [-0.15, -0.1) is 0 Å². The molecule has 3 rings (SSSR count). The fourth-order valence-corrected chi connectivity index (χ4v) is 3.01. The number of carbonyl (C=O) groups is 1. The molecule has 0 radical (unpaired) electrons. The zero-order chi connectivity index (χ0) is 16.6. The first-order valence-electron chi connectivity index (χ1n) is 7.64. The van der Waals surface area contributed by atoms with Gasteiger partial charge in [0, 0.05) is 35.6 Å². The SMILES string of the molecule is COc1ccc(C2CC(=O)Nc3c2cnn3C(C)C)c(OC)c1. The lowest BCUT2D eigenvalue weighted by Crippen LogP contribution is -2.25. The number of anilines is 1. The van der Waals surface area contributed by atoms with Crippen LogP contribution in [-0.4, -0.2) is 29.9 Å². The second-order valence-electron chi connectivity index (χ2n) is 5.90. The van der Waals surface area contributed by atoms with E-state index in [9.17, 15) is 4.79 Å². The highest BCUT2D eigenvalue weighted by atomic mass is 16.5. The average molecular weight is 315 g/mol. The molecule has 6 nitrogen and oxygen atoms in total. The quantitative estimate of drug-likeness (QED) is 0.942. The van der Waals surface area contributed by atoms with E-state index < -0.39 is 0 Å². The third-order valence-electron chi connectivity index (χ3n) is 4.15. The molecule has 122 valence electrons. The molecule has 6 heteroatoms. The maximum atomic E-state index is 12.2. The topological polar surface area (TPSA) is 65.4 Å². The summed E-state index contributed by atoms with van der Waals surface area (Å²) < 4.78 is 12.6. The molecule has 0 saturated carbocycles. The van der Waals surface area contributed by atoms with Gasteiger partial charge in [-0.1, -0.05) is 6.07 Å². The van der Waals surface area contributed by atoms with Crippen LogP contribution in [0.25, 0.3) is 0 Å². The van der Waals surface area contributed by atoms with Gasteiger partial charge in [0.1, 0.15) is 17.3 Å². The molecule has 1 unspecified atom stereocenters. The fourth-order valence-electron chi connectivity index (χ4n) is 3.01. The second kappa shape index (κ2) is 5.95. The number of carbonyl (C=O) groups excluding carboxylic acids is 1. The Hall–Kier alpha value is -2.50. The van der Waals surface area contributed by atoms with Crippen LogP contribution in [0.2, 0.25) is 0 Å². The van der Waals surface area contributed by atoms with E-state index in [1.807, 2.05) is 42.9 Å². The Morgan fingerprint density at radius 2 is 2.04 bits per heavy atom. The van der Waals surface area contributed by atoms with Gasteiger partial charge in [-0.3, -0.25) is 4.79 Å². The second-order valence-corrected chi connectivity index (χ2v) is 5.90. The van der Waals surface area contributed by atoms with Crippen molar-refractivity contribution in [3.63, 3.8) is 0 Å². The number of hydrogen-bond acceptors (Lipinski definition) is 4. The summed E-state index contributed by atoms with van der Waals surface area (Å²) in [6, 6.07) is 5.86. The van der Waals surface area contributed by atoms with E-state index >= 15 is 0 Å². The minimum absolute atomic E-state index is 0.0113. The first kappa shape index (κ1) is 15.4. The smallest absolute Gasteiger partial charge is 0.226 e. The normalized spacial score (nSPS) is 16.9. The van der Waals surface area contributed by atoms with Crippen LogP contribution in [0.1, 0.15) is 43.4 Å². The van der Waals surface area contributed by atoms with Crippen LogP contribution in [0, 0.1) is 0 Å². The average Bonchev–Trinajstić information content (AvgIpc) is 2.97. The Balaban J connectivity index is 2.10. The van der Waals surface area contributed by atoms with Crippen LogP contribution in [0.3, 0.4) is 0 Å². The Labute approximate surface area is 135 Å². The van der Waals surface area contributed by atoms with Crippen LogP contribution in [0.15, 0.2) is 24.4 Å². The lowest BCUT2D eigenvalue weighted by atomic mass is 9.86. The summed E-state index contributed by atoms with van der Waals surface area (Å²) in [5, 5.41) is 7.38. The number of fused-ring (bicyclic) bond motifs is 1. The van der Waals surface area contributed by atoms with Crippen LogP contribution in [-0.2, 0) is 4.79 Å². The summed E-state index contributed by atoms with van der Waals surface area (Å²) in [5.74, 6) is 2.13. The predicted molar refractivity (Wildman–Crippen MR) is 87.2 cm³/mol. The molecule has 1 amide bonds. The highest BCUT2D eigenvalue weighted by Crippen LogP contribution is 2.42. The molecule has 23 heavy (non-hydrogen) atoms. The summed E-state index contributed by atoms with van der Waals surface area (Å²) in [6.07, 6.45) is 2.21.